The topological polar surface area (TPSA) is 44.2 Å². The third kappa shape index (κ3) is 9.71. The third-order valence-electron chi connectivity index (χ3n) is 8.63. The van der Waals surface area contributed by atoms with Crippen molar-refractivity contribution in [2.45, 2.75) is 116 Å². The van der Waals surface area contributed by atoms with Gasteiger partial charge in [-0.15, -0.1) is 0 Å². The number of benzene rings is 2. The summed E-state index contributed by atoms with van der Waals surface area (Å²) in [5, 5.41) is 2.39. The lowest BCUT2D eigenvalue weighted by Gasteiger charge is -2.10. The lowest BCUT2D eigenvalue weighted by atomic mass is 10.0. The molecule has 1 aliphatic heterocycles. The Morgan fingerprint density at radius 2 is 0.786 bits per heavy atom. The highest BCUT2D eigenvalue weighted by Gasteiger charge is 2.07. The van der Waals surface area contributed by atoms with Crippen LogP contribution in [0.5, 0.6) is 11.5 Å². The molecule has 6 bridgehead atoms. The van der Waals surface area contributed by atoms with Crippen LogP contribution in [0.15, 0.2) is 60.7 Å². The van der Waals surface area contributed by atoms with Crippen LogP contribution in [0.3, 0.4) is 0 Å². The van der Waals surface area contributed by atoms with E-state index in [1.165, 1.54) is 112 Å². The Bertz CT molecular complexity index is 1270. The smallest absolute Gasteiger partial charge is 0.122 e. The monoisotopic (exact) mass is 566 g/mol. The van der Waals surface area contributed by atoms with Crippen molar-refractivity contribution < 1.29 is 9.47 Å². The summed E-state index contributed by atoms with van der Waals surface area (Å²) < 4.78 is 12.0. The summed E-state index contributed by atoms with van der Waals surface area (Å²) in [5.41, 5.74) is 4.55. The highest BCUT2D eigenvalue weighted by Crippen LogP contribution is 2.25. The van der Waals surface area contributed by atoms with Gasteiger partial charge in [-0.2, -0.15) is 0 Å². The maximum absolute atomic E-state index is 6.01. The van der Waals surface area contributed by atoms with Crippen LogP contribution < -0.4 is 9.47 Å². The quantitative estimate of drug-likeness (QED) is 0.199. The van der Waals surface area contributed by atoms with Gasteiger partial charge in [-0.25, -0.2) is 0 Å². The lowest BCUT2D eigenvalue weighted by Crippen LogP contribution is -2.00. The molecule has 0 fully saturated rings. The van der Waals surface area contributed by atoms with Gasteiger partial charge in [0, 0.05) is 28.2 Å². The largest absolute Gasteiger partial charge is 0.493 e. The summed E-state index contributed by atoms with van der Waals surface area (Å²) in [7, 11) is 0. The van der Waals surface area contributed by atoms with E-state index in [1.807, 2.05) is 24.3 Å². The van der Waals surface area contributed by atoms with Gasteiger partial charge in [-0.3, -0.25) is 9.97 Å². The first kappa shape index (κ1) is 30.3. The van der Waals surface area contributed by atoms with Gasteiger partial charge in [0.15, 0.2) is 0 Å². The molecule has 224 valence electrons. The molecule has 0 unspecified atom stereocenters. The summed E-state index contributed by atoms with van der Waals surface area (Å²) in [6.45, 7) is 1.57. The van der Waals surface area contributed by atoms with Crippen LogP contribution >= 0.6 is 0 Å². The van der Waals surface area contributed by atoms with Gasteiger partial charge in [-0.05, 0) is 62.8 Å². The van der Waals surface area contributed by atoms with E-state index in [-0.39, 0.29) is 0 Å². The molecule has 3 heterocycles. The minimum atomic E-state index is 0.786. The molecule has 0 amide bonds. The molecule has 4 heteroatoms. The summed E-state index contributed by atoms with van der Waals surface area (Å²) in [4.78, 5) is 10.2. The highest BCUT2D eigenvalue weighted by atomic mass is 16.5. The SMILES string of the molecule is c1cc2cc(c1)OCCCCCCCCCCc1ccc3ccc4ccc(nc4c3n1)CCCCCCCCCCO2. The van der Waals surface area contributed by atoms with Crippen LogP contribution in [0.1, 0.15) is 114 Å². The number of rotatable bonds is 0. The van der Waals surface area contributed by atoms with Crippen molar-refractivity contribution in [1.82, 2.24) is 9.97 Å². The van der Waals surface area contributed by atoms with E-state index in [0.717, 1.165) is 61.4 Å². The van der Waals surface area contributed by atoms with Gasteiger partial charge < -0.3 is 9.47 Å². The fourth-order valence-electron chi connectivity index (χ4n) is 6.10. The number of hydrogen-bond acceptors (Lipinski definition) is 4. The molecule has 5 rings (SSSR count). The van der Waals surface area contributed by atoms with Gasteiger partial charge >= 0.3 is 0 Å². The Balaban J connectivity index is 1.15. The number of aryl methyl sites for hydroxylation is 2. The molecule has 2 aromatic heterocycles. The van der Waals surface area contributed by atoms with E-state index in [9.17, 15) is 0 Å². The van der Waals surface area contributed by atoms with Crippen LogP contribution in [0.4, 0.5) is 0 Å². The van der Waals surface area contributed by atoms with Crippen molar-refractivity contribution in [1.29, 1.82) is 0 Å². The van der Waals surface area contributed by atoms with Crippen LogP contribution in [0, 0.1) is 0 Å². The van der Waals surface area contributed by atoms with Gasteiger partial charge in [0.25, 0.3) is 0 Å². The lowest BCUT2D eigenvalue weighted by molar-refractivity contribution is 0.289. The molecular weight excluding hydrogens is 516 g/mol. The van der Waals surface area contributed by atoms with Crippen molar-refractivity contribution in [3.63, 3.8) is 0 Å². The number of aromatic nitrogens is 2. The minimum Gasteiger partial charge on any atom is -0.493 e. The van der Waals surface area contributed by atoms with E-state index in [0.29, 0.717) is 0 Å². The molecular formula is C38H50N2O2. The molecule has 42 heavy (non-hydrogen) atoms. The van der Waals surface area contributed by atoms with Crippen molar-refractivity contribution in [2.75, 3.05) is 13.2 Å². The normalized spacial score (nSPS) is 17.9. The maximum Gasteiger partial charge on any atom is 0.122 e. The van der Waals surface area contributed by atoms with E-state index in [1.54, 1.807) is 0 Å². The molecule has 0 atom stereocenters. The van der Waals surface area contributed by atoms with Crippen LogP contribution in [-0.4, -0.2) is 23.2 Å². The Morgan fingerprint density at radius 3 is 1.24 bits per heavy atom. The number of ether oxygens (including phenoxy) is 2. The second-order valence-electron chi connectivity index (χ2n) is 12.1. The number of pyridine rings is 2. The number of fused-ring (bicyclic) bond motifs is 4. The first-order chi connectivity index (χ1) is 20.8. The summed E-state index contributed by atoms with van der Waals surface area (Å²) in [5.74, 6) is 1.85. The van der Waals surface area contributed by atoms with E-state index >= 15 is 0 Å². The predicted molar refractivity (Wildman–Crippen MR) is 176 cm³/mol. The van der Waals surface area contributed by atoms with Crippen LogP contribution in [-0.2, 0) is 12.8 Å². The van der Waals surface area contributed by atoms with Crippen LogP contribution in [0.2, 0.25) is 0 Å². The fourth-order valence-corrected chi connectivity index (χ4v) is 6.10. The molecule has 4 aromatic rings. The zero-order chi connectivity index (χ0) is 28.7. The zero-order valence-electron chi connectivity index (χ0n) is 25.6. The molecule has 0 spiro atoms. The molecule has 0 aliphatic carbocycles. The molecule has 1 aliphatic rings. The molecule has 0 N–H and O–H groups in total. The van der Waals surface area contributed by atoms with Crippen molar-refractivity contribution in [3.8, 4) is 11.5 Å². The molecule has 2 aromatic carbocycles. The minimum absolute atomic E-state index is 0.786. The first-order valence-electron chi connectivity index (χ1n) is 16.9. The first-order valence-corrected chi connectivity index (χ1v) is 16.9. The highest BCUT2D eigenvalue weighted by molar-refractivity contribution is 6.02. The Hall–Kier alpha value is -3.14. The Kier molecular flexibility index (Phi) is 12.3. The van der Waals surface area contributed by atoms with Crippen LogP contribution in [0.25, 0.3) is 21.8 Å². The van der Waals surface area contributed by atoms with E-state index < -0.39 is 0 Å². The third-order valence-corrected chi connectivity index (χ3v) is 8.63. The Labute approximate surface area is 253 Å². The average Bonchev–Trinajstić information content (AvgIpc) is 3.02. The van der Waals surface area contributed by atoms with E-state index in [4.69, 9.17) is 19.4 Å². The fraction of sp³-hybridized carbons (Fsp3) is 0.526. The van der Waals surface area contributed by atoms with Gasteiger partial charge in [0.1, 0.15) is 11.5 Å². The second-order valence-corrected chi connectivity index (χ2v) is 12.1. The predicted octanol–water partition coefficient (Wildman–Crippen LogP) is 10.6. The summed E-state index contributed by atoms with van der Waals surface area (Å²) in [6, 6.07) is 21.5. The van der Waals surface area contributed by atoms with Crippen molar-refractivity contribution in [3.05, 3.63) is 72.1 Å². The molecule has 0 saturated heterocycles. The maximum atomic E-state index is 6.01. The van der Waals surface area contributed by atoms with Crippen molar-refractivity contribution in [2.24, 2.45) is 0 Å². The summed E-state index contributed by atoms with van der Waals surface area (Å²) in [6.07, 6.45) is 22.3. The summed E-state index contributed by atoms with van der Waals surface area (Å²) >= 11 is 0. The van der Waals surface area contributed by atoms with E-state index in [2.05, 4.69) is 36.4 Å². The standard InChI is InChI=1S/C38H50N2O2/c1-3-7-11-15-28-41-35-20-17-21-36(30-35)42-29-16-12-8-4-2-6-10-14-19-34-27-25-32-23-22-31-24-26-33(18-13-9-5-1)39-37(31)38(32)40-34/h17,20-27,30H,1-16,18-19,28-29H2. The van der Waals surface area contributed by atoms with Gasteiger partial charge in [0.2, 0.25) is 0 Å². The molecule has 4 nitrogen and oxygen atoms in total. The number of nitrogens with zero attached hydrogens (tertiary/aromatic N) is 2. The molecule has 0 saturated carbocycles. The van der Waals surface area contributed by atoms with Crippen molar-refractivity contribution >= 4 is 21.8 Å². The van der Waals surface area contributed by atoms with Gasteiger partial charge in [-0.1, -0.05) is 107 Å². The Morgan fingerprint density at radius 1 is 0.405 bits per heavy atom. The second kappa shape index (κ2) is 17.1. The molecule has 0 radical (unpaired) electrons. The average molecular weight is 567 g/mol. The zero-order valence-corrected chi connectivity index (χ0v) is 25.6. The van der Waals surface area contributed by atoms with Gasteiger partial charge in [0.05, 0.1) is 24.2 Å². The number of hydrogen-bond donors (Lipinski definition) is 0.